The molecule has 1 aromatic carbocycles. The highest BCUT2D eigenvalue weighted by Gasteiger charge is 2.48. The lowest BCUT2D eigenvalue weighted by Crippen LogP contribution is -2.34. The molecule has 0 amide bonds. The molecule has 1 aromatic rings. The molecule has 1 aliphatic rings. The van der Waals surface area contributed by atoms with Crippen molar-refractivity contribution in [2.75, 3.05) is 0 Å². The van der Waals surface area contributed by atoms with Crippen molar-refractivity contribution in [1.29, 1.82) is 5.26 Å². The van der Waals surface area contributed by atoms with Crippen molar-refractivity contribution in [3.63, 3.8) is 0 Å². The lowest BCUT2D eigenvalue weighted by atomic mass is 9.92. The third-order valence-electron chi connectivity index (χ3n) is 2.31. The van der Waals surface area contributed by atoms with Crippen molar-refractivity contribution in [2.45, 2.75) is 18.4 Å². The molecule has 2 rings (SSSR count). The maximum absolute atomic E-state index is 13.3. The summed E-state index contributed by atoms with van der Waals surface area (Å²) in [6.45, 7) is 0. The van der Waals surface area contributed by atoms with Crippen LogP contribution < -0.4 is 4.74 Å². The van der Waals surface area contributed by atoms with Crippen LogP contribution in [-0.4, -0.2) is 11.5 Å². The Morgan fingerprint density at radius 1 is 1.57 bits per heavy atom. The van der Waals surface area contributed by atoms with E-state index in [1.807, 2.05) is 0 Å². The maximum Gasteiger partial charge on any atom is 0.272 e. The largest absolute Gasteiger partial charge is 0.456 e. The molecule has 3 nitrogen and oxygen atoms in total. The molecule has 0 unspecified atom stereocenters. The predicted molar refractivity (Wildman–Crippen MR) is 46.1 cm³/mol. The van der Waals surface area contributed by atoms with Crippen LogP contribution in [0.1, 0.15) is 12.0 Å². The van der Waals surface area contributed by atoms with Gasteiger partial charge in [-0.25, -0.2) is 0 Å². The van der Waals surface area contributed by atoms with E-state index >= 15 is 0 Å². The van der Waals surface area contributed by atoms with Gasteiger partial charge in [-0.15, -0.1) is 0 Å². The summed E-state index contributed by atoms with van der Waals surface area (Å²) >= 11 is 0. The molecule has 72 valence electrons. The summed E-state index contributed by atoms with van der Waals surface area (Å²) in [6.07, 6.45) is -2.18. The molecule has 0 bridgehead atoms. The standard InChI is InChI=1S/C10H8FNO2/c11-9-10(13,5-6-12)7-3-1-2-4-8(7)14-9/h1-4,9,13H,5H2/t9-,10+/m0/s1. The van der Waals surface area contributed by atoms with E-state index in [0.717, 1.165) is 0 Å². The van der Waals surface area contributed by atoms with Gasteiger partial charge in [-0.3, -0.25) is 0 Å². The third kappa shape index (κ3) is 1.06. The highest BCUT2D eigenvalue weighted by Crippen LogP contribution is 2.43. The van der Waals surface area contributed by atoms with Crippen molar-refractivity contribution >= 4 is 0 Å². The van der Waals surface area contributed by atoms with Crippen LogP contribution in [-0.2, 0) is 5.60 Å². The van der Waals surface area contributed by atoms with Gasteiger partial charge in [-0.1, -0.05) is 18.2 Å². The second kappa shape index (κ2) is 2.96. The minimum atomic E-state index is -1.86. The highest BCUT2D eigenvalue weighted by atomic mass is 19.1. The van der Waals surface area contributed by atoms with E-state index < -0.39 is 12.0 Å². The number of nitriles is 1. The topological polar surface area (TPSA) is 53.2 Å². The van der Waals surface area contributed by atoms with Crippen molar-refractivity contribution in [3.05, 3.63) is 29.8 Å². The van der Waals surface area contributed by atoms with E-state index in [1.54, 1.807) is 30.3 Å². The van der Waals surface area contributed by atoms with E-state index in [1.165, 1.54) is 0 Å². The SMILES string of the molecule is N#CC[C@@]1(O)c2ccccc2O[C@@H]1F. The van der Waals surface area contributed by atoms with Crippen molar-refractivity contribution in [1.82, 2.24) is 0 Å². The Bertz CT molecular complexity index is 401. The molecule has 0 spiro atoms. The van der Waals surface area contributed by atoms with Gasteiger partial charge in [0.15, 0.2) is 5.60 Å². The van der Waals surface area contributed by atoms with Crippen LogP contribution in [0.2, 0.25) is 0 Å². The number of ether oxygens (including phenoxy) is 1. The van der Waals surface area contributed by atoms with Crippen molar-refractivity contribution in [3.8, 4) is 11.8 Å². The number of para-hydroxylation sites is 1. The summed E-state index contributed by atoms with van der Waals surface area (Å²) in [5.41, 5.74) is -1.47. The molecule has 1 heterocycles. The summed E-state index contributed by atoms with van der Waals surface area (Å²) in [5, 5.41) is 18.4. The summed E-state index contributed by atoms with van der Waals surface area (Å²) in [5.74, 6) is 0.303. The summed E-state index contributed by atoms with van der Waals surface area (Å²) in [7, 11) is 0. The molecule has 0 radical (unpaired) electrons. The fourth-order valence-corrected chi connectivity index (χ4v) is 1.55. The van der Waals surface area contributed by atoms with Crippen LogP contribution >= 0.6 is 0 Å². The quantitative estimate of drug-likeness (QED) is 0.734. The molecule has 0 aromatic heterocycles. The smallest absolute Gasteiger partial charge is 0.272 e. The molecule has 14 heavy (non-hydrogen) atoms. The van der Waals surface area contributed by atoms with Gasteiger partial charge in [0.1, 0.15) is 5.75 Å². The number of aliphatic hydroxyl groups is 1. The number of nitrogens with zero attached hydrogens (tertiary/aromatic N) is 1. The first-order chi connectivity index (χ1) is 6.68. The third-order valence-corrected chi connectivity index (χ3v) is 2.31. The van der Waals surface area contributed by atoms with E-state index in [9.17, 15) is 9.50 Å². The maximum atomic E-state index is 13.3. The monoisotopic (exact) mass is 193 g/mol. The number of benzene rings is 1. The minimum absolute atomic E-state index is 0.303. The van der Waals surface area contributed by atoms with Crippen molar-refractivity contribution < 1.29 is 14.2 Å². The highest BCUT2D eigenvalue weighted by molar-refractivity contribution is 5.42. The molecule has 1 N–H and O–H groups in total. The van der Waals surface area contributed by atoms with Crippen LogP contribution in [0.15, 0.2) is 24.3 Å². The van der Waals surface area contributed by atoms with Crippen LogP contribution in [0.5, 0.6) is 5.75 Å². The van der Waals surface area contributed by atoms with Gasteiger partial charge in [-0.05, 0) is 6.07 Å². The average molecular weight is 193 g/mol. The van der Waals surface area contributed by atoms with Crippen LogP contribution in [0.4, 0.5) is 4.39 Å². The normalized spacial score (nSPS) is 29.1. The zero-order valence-corrected chi connectivity index (χ0v) is 7.27. The van der Waals surface area contributed by atoms with Gasteiger partial charge in [0, 0.05) is 5.56 Å². The summed E-state index contributed by atoms with van der Waals surface area (Å²) in [4.78, 5) is 0. The van der Waals surface area contributed by atoms with Gasteiger partial charge in [0.05, 0.1) is 12.5 Å². The van der Waals surface area contributed by atoms with Gasteiger partial charge >= 0.3 is 0 Å². The lowest BCUT2D eigenvalue weighted by Gasteiger charge is -2.19. The summed E-state index contributed by atoms with van der Waals surface area (Å²) < 4.78 is 18.1. The fraction of sp³-hybridized carbons (Fsp3) is 0.300. The van der Waals surface area contributed by atoms with Crippen LogP contribution in [0.3, 0.4) is 0 Å². The zero-order valence-electron chi connectivity index (χ0n) is 7.27. The van der Waals surface area contributed by atoms with Crippen molar-refractivity contribution in [2.24, 2.45) is 0 Å². The number of rotatable bonds is 1. The van der Waals surface area contributed by atoms with Gasteiger partial charge in [0.2, 0.25) is 0 Å². The van der Waals surface area contributed by atoms with E-state index in [0.29, 0.717) is 11.3 Å². The second-order valence-electron chi connectivity index (χ2n) is 3.19. The minimum Gasteiger partial charge on any atom is -0.456 e. The van der Waals surface area contributed by atoms with Gasteiger partial charge < -0.3 is 9.84 Å². The summed E-state index contributed by atoms with van der Waals surface area (Å²) in [6, 6.07) is 8.23. The number of halogens is 1. The zero-order chi connectivity index (χ0) is 10.2. The Hall–Kier alpha value is -1.60. The Morgan fingerprint density at radius 2 is 2.29 bits per heavy atom. The van der Waals surface area contributed by atoms with E-state index in [2.05, 4.69) is 0 Å². The fourth-order valence-electron chi connectivity index (χ4n) is 1.55. The molecule has 0 fully saturated rings. The Morgan fingerprint density at radius 3 is 3.00 bits per heavy atom. The number of alkyl halides is 1. The molecular weight excluding hydrogens is 185 g/mol. The van der Waals surface area contributed by atoms with Crippen LogP contribution in [0, 0.1) is 11.3 Å². The first kappa shape index (κ1) is 8.97. The Labute approximate surface area is 80.4 Å². The van der Waals surface area contributed by atoms with E-state index in [-0.39, 0.29) is 6.42 Å². The molecule has 0 aliphatic carbocycles. The second-order valence-corrected chi connectivity index (χ2v) is 3.19. The van der Waals surface area contributed by atoms with Crippen LogP contribution in [0.25, 0.3) is 0 Å². The lowest BCUT2D eigenvalue weighted by molar-refractivity contribution is -0.102. The Balaban J connectivity index is 2.50. The average Bonchev–Trinajstić information content (AvgIpc) is 2.41. The van der Waals surface area contributed by atoms with Gasteiger partial charge in [-0.2, -0.15) is 9.65 Å². The first-order valence-corrected chi connectivity index (χ1v) is 4.18. The molecular formula is C10H8FNO2. The molecule has 0 saturated carbocycles. The molecule has 1 aliphatic heterocycles. The van der Waals surface area contributed by atoms with E-state index in [4.69, 9.17) is 10.00 Å². The molecule has 4 heteroatoms. The first-order valence-electron chi connectivity index (χ1n) is 4.18. The Kier molecular flexibility index (Phi) is 1.90. The molecule has 2 atom stereocenters. The molecule has 0 saturated heterocycles. The number of fused-ring (bicyclic) bond motifs is 1. The number of hydrogen-bond donors (Lipinski definition) is 1. The number of hydrogen-bond acceptors (Lipinski definition) is 3. The predicted octanol–water partition coefficient (Wildman–Crippen LogP) is 1.48. The van der Waals surface area contributed by atoms with Gasteiger partial charge in [0.25, 0.3) is 6.36 Å².